The van der Waals surface area contributed by atoms with Crippen molar-refractivity contribution in [3.05, 3.63) is 58.7 Å². The topological polar surface area (TPSA) is 147 Å². The molecule has 352 valence electrons. The summed E-state index contributed by atoms with van der Waals surface area (Å²) < 4.78 is 12.7. The zero-order chi connectivity index (χ0) is 45.0. The fraction of sp³-hybridized carbons (Fsp3) is 0.679. The van der Waals surface area contributed by atoms with Crippen molar-refractivity contribution in [3.8, 4) is 23.3 Å². The Bertz CT molecular complexity index is 2130. The second-order valence-electron chi connectivity index (χ2n) is 21.0. The molecule has 9 rings (SSSR count). The van der Waals surface area contributed by atoms with Crippen molar-refractivity contribution in [1.29, 1.82) is 0 Å². The molecule has 0 unspecified atom stereocenters. The number of carbonyl (C=O) groups excluding carboxylic acids is 2. The highest BCUT2D eigenvalue weighted by Crippen LogP contribution is 2.64. The highest BCUT2D eigenvalue weighted by atomic mass is 33.1. The summed E-state index contributed by atoms with van der Waals surface area (Å²) in [5.74, 6) is 10.1. The third-order valence-electron chi connectivity index (χ3n) is 16.5. The Kier molecular flexibility index (Phi) is 14.6. The number of guanidine groups is 1. The highest BCUT2D eigenvalue weighted by molar-refractivity contribution is 8.77. The number of nitrogens with one attached hydrogen (secondary N) is 1. The fourth-order valence-corrected chi connectivity index (χ4v) is 16.7. The minimum absolute atomic E-state index is 0.0387. The van der Waals surface area contributed by atoms with Gasteiger partial charge in [-0.1, -0.05) is 77.1 Å². The first-order valence-corrected chi connectivity index (χ1v) is 27.4. The van der Waals surface area contributed by atoms with Gasteiger partial charge in [0.2, 0.25) is 5.91 Å². The van der Waals surface area contributed by atoms with Crippen LogP contribution in [0.4, 0.5) is 0 Å². The summed E-state index contributed by atoms with van der Waals surface area (Å²) >= 11 is 0. The maximum Gasteiger partial charge on any atom is 0.302 e. The Balaban J connectivity index is 1.09. The summed E-state index contributed by atoms with van der Waals surface area (Å²) in [5, 5.41) is 27.4. The van der Waals surface area contributed by atoms with Crippen molar-refractivity contribution in [3.63, 3.8) is 0 Å². The quantitative estimate of drug-likeness (QED) is 0.133. The zero-order valence-corrected chi connectivity index (χ0v) is 40.3. The van der Waals surface area contributed by atoms with Gasteiger partial charge in [-0.2, -0.15) is 0 Å². The van der Waals surface area contributed by atoms with Gasteiger partial charge < -0.3 is 35.6 Å². The van der Waals surface area contributed by atoms with E-state index in [4.69, 9.17) is 20.2 Å². The van der Waals surface area contributed by atoms with Crippen LogP contribution in [0.3, 0.4) is 0 Å². The number of phenolic OH excluding ortho intramolecular Hbond substituents is 1. The van der Waals surface area contributed by atoms with Gasteiger partial charge in [-0.3, -0.25) is 14.6 Å². The van der Waals surface area contributed by atoms with E-state index in [0.29, 0.717) is 80.7 Å². The Labute approximate surface area is 395 Å². The molecule has 3 saturated carbocycles. The number of phenols is 1. The molecule has 4 heterocycles. The average molecular weight is 925 g/mol. The van der Waals surface area contributed by atoms with Gasteiger partial charge in [0, 0.05) is 72.9 Å². The number of carbonyl (C=O) groups is 2. The second kappa shape index (κ2) is 20.4. The van der Waals surface area contributed by atoms with Crippen LogP contribution in [0.15, 0.2) is 41.4 Å². The van der Waals surface area contributed by atoms with Crippen LogP contribution >= 0.6 is 21.6 Å². The Morgan fingerprint density at radius 3 is 2.74 bits per heavy atom. The van der Waals surface area contributed by atoms with E-state index in [0.717, 1.165) is 106 Å². The first-order chi connectivity index (χ1) is 31.5. The number of rotatable bonds is 3. The molecule has 1 amide bonds. The largest absolute Gasteiger partial charge is 0.504 e. The molecule has 1 saturated heterocycles. The number of aliphatic hydroxyl groups is 1. The Morgan fingerprint density at radius 1 is 1.02 bits per heavy atom. The van der Waals surface area contributed by atoms with Crippen molar-refractivity contribution >= 4 is 39.4 Å². The number of aromatic hydroxyl groups is 1. The van der Waals surface area contributed by atoms with Gasteiger partial charge in [0.25, 0.3) is 0 Å². The molecule has 2 aromatic rings. The van der Waals surface area contributed by atoms with E-state index >= 15 is 0 Å². The Hall–Kier alpha value is -3.53. The van der Waals surface area contributed by atoms with Crippen molar-refractivity contribution < 1.29 is 29.3 Å². The van der Waals surface area contributed by atoms with Crippen LogP contribution < -0.4 is 15.8 Å². The van der Waals surface area contributed by atoms with Crippen molar-refractivity contribution in [2.45, 2.75) is 178 Å². The summed E-state index contributed by atoms with van der Waals surface area (Å²) in [6.45, 7) is 2.54. The molecule has 2 aromatic carbocycles. The first-order valence-electron chi connectivity index (χ1n) is 25.1. The number of hydrogen-bond donors (Lipinski definition) is 4. The number of ether oxygens (including phenoxy) is 2. The number of esters is 1. The summed E-state index contributed by atoms with van der Waals surface area (Å²) in [6, 6.07) is 12.5. The van der Waals surface area contributed by atoms with Crippen LogP contribution in [-0.2, 0) is 40.1 Å². The standard InChI is InChI=1S/C53H72N4O6S2/c1-36(58)62-44-21-19-40-28-41(48(61)49-45(40)22-20-39-15-10-18-46(39)63-49)34-57-35-51(32-47(57)60,30-37-12-5-4-6-13-37)42-16-9-14-38-23-26-52(31-38)24-11-25-53(52,56-50(54)55-33-42)65-64-27-8-3-2-7-17-43(59)29-44/h4-6,12-13,28,38-39,42-44,46,59,61H,2-3,7-8,10-11,14-15,17-27,29-35H2,1H3,(H3,54,55,56)/t38-,39+,42-,43-,44+,46+,51-,52+,53+/m0/s1. The van der Waals surface area contributed by atoms with Crippen molar-refractivity contribution in [1.82, 2.24) is 10.2 Å². The molecule has 0 radical (unpaired) electrons. The number of amides is 1. The fourth-order valence-electron chi connectivity index (χ4n) is 13.2. The van der Waals surface area contributed by atoms with E-state index in [1.54, 1.807) is 0 Å². The van der Waals surface area contributed by atoms with Crippen LogP contribution in [0.5, 0.6) is 11.5 Å². The summed E-state index contributed by atoms with van der Waals surface area (Å²) in [7, 11) is 3.97. The third kappa shape index (κ3) is 10.3. The molecule has 3 aliphatic carbocycles. The molecular formula is C53H72N4O6S2. The van der Waals surface area contributed by atoms with Crippen LogP contribution in [0, 0.1) is 40.4 Å². The van der Waals surface area contributed by atoms with E-state index in [1.165, 1.54) is 26.2 Å². The van der Waals surface area contributed by atoms with Crippen LogP contribution in [-0.4, -0.2) is 75.0 Å². The highest BCUT2D eigenvalue weighted by Gasteiger charge is 2.59. The smallest absolute Gasteiger partial charge is 0.302 e. The molecule has 4 fully saturated rings. The van der Waals surface area contributed by atoms with Gasteiger partial charge in [0.05, 0.1) is 12.6 Å². The second-order valence-corrected chi connectivity index (χ2v) is 23.7. The lowest BCUT2D eigenvalue weighted by atomic mass is 9.70. The summed E-state index contributed by atoms with van der Waals surface area (Å²) in [4.78, 5) is 34.0. The lowest BCUT2D eigenvalue weighted by Crippen LogP contribution is -2.56. The van der Waals surface area contributed by atoms with Crippen molar-refractivity contribution in [2.75, 3.05) is 18.8 Å². The molecule has 12 heteroatoms. The van der Waals surface area contributed by atoms with Gasteiger partial charge >= 0.3 is 5.97 Å². The molecule has 8 bridgehead atoms. The van der Waals surface area contributed by atoms with Gasteiger partial charge in [-0.05, 0) is 132 Å². The number of nitrogens with zero attached hydrogens (tertiary/aromatic N) is 2. The summed E-state index contributed by atoms with van der Waals surface area (Å²) in [6.07, 6.45) is 19.1. The molecule has 4 aliphatic heterocycles. The third-order valence-corrected chi connectivity index (χ3v) is 19.8. The predicted octanol–water partition coefficient (Wildman–Crippen LogP) is 9.40. The monoisotopic (exact) mass is 924 g/mol. The first kappa shape index (κ1) is 46.6. The molecule has 2 spiro atoms. The molecule has 9 atom stereocenters. The van der Waals surface area contributed by atoms with E-state index in [-0.39, 0.29) is 46.5 Å². The van der Waals surface area contributed by atoms with Crippen LogP contribution in [0.1, 0.15) is 151 Å². The van der Waals surface area contributed by atoms with Crippen LogP contribution in [0.25, 0.3) is 0 Å². The number of benzene rings is 2. The molecular weight excluding hydrogens is 853 g/mol. The van der Waals surface area contributed by atoms with Crippen LogP contribution in [0.2, 0.25) is 0 Å². The van der Waals surface area contributed by atoms with E-state index < -0.39 is 17.6 Å². The molecule has 65 heavy (non-hydrogen) atoms. The minimum atomic E-state index is -0.567. The van der Waals surface area contributed by atoms with Crippen molar-refractivity contribution in [2.24, 2.45) is 39.3 Å². The molecule has 7 aliphatic rings. The van der Waals surface area contributed by atoms with Gasteiger partial charge in [-0.15, -0.1) is 5.92 Å². The molecule has 5 N–H and O–H groups in total. The minimum Gasteiger partial charge on any atom is -0.504 e. The normalized spacial score (nSPS) is 34.6. The van der Waals surface area contributed by atoms with E-state index in [2.05, 4.69) is 47.5 Å². The number of nitrogens with two attached hydrogens (primary N) is 1. The molecule has 10 nitrogen and oxygen atoms in total. The van der Waals surface area contributed by atoms with E-state index in [9.17, 15) is 19.8 Å². The zero-order valence-electron chi connectivity index (χ0n) is 38.6. The number of aryl methyl sites for hydroxylation is 1. The number of hydrogen-bond acceptors (Lipinski definition) is 11. The Morgan fingerprint density at radius 2 is 1.88 bits per heavy atom. The number of aliphatic imine (C=N–C) groups is 1. The maximum atomic E-state index is 14.6. The predicted molar refractivity (Wildman–Crippen MR) is 260 cm³/mol. The van der Waals surface area contributed by atoms with E-state index in [1.807, 2.05) is 32.6 Å². The number of fused-ring (bicyclic) bond motifs is 12. The summed E-state index contributed by atoms with van der Waals surface area (Å²) in [5.41, 5.74) is 10.5. The maximum absolute atomic E-state index is 14.6. The molecule has 0 aromatic heterocycles. The van der Waals surface area contributed by atoms with Gasteiger partial charge in [0.15, 0.2) is 17.5 Å². The number of aliphatic hydroxyl groups excluding tert-OH is 1. The lowest BCUT2D eigenvalue weighted by Gasteiger charge is -2.44. The SMILES string of the molecule is CC(=O)O[C@@H]1CCc2cc(c(O)c3c2CC[C@H]2CCC[C@H]2O3)CN2C[C@](Cc3ccccc3)(CC2=O)[C@H]2C#CC[C@H]3CC[C@]4(CCC[C@@]4(NC(N)=NC2)SSCCCCCC[C@H](O)C1)C3. The van der Waals surface area contributed by atoms with Gasteiger partial charge in [-0.25, -0.2) is 0 Å². The average Bonchev–Trinajstić information content (AvgIpc) is 4.04. The van der Waals surface area contributed by atoms with Gasteiger partial charge in [0.1, 0.15) is 17.1 Å². The lowest BCUT2D eigenvalue weighted by molar-refractivity contribution is -0.148.